The summed E-state index contributed by atoms with van der Waals surface area (Å²) in [7, 11) is 0. The third-order valence-electron chi connectivity index (χ3n) is 2.38. The Kier molecular flexibility index (Phi) is 3.40. The first-order chi connectivity index (χ1) is 8.29. The molecule has 0 atom stereocenters. The Balaban J connectivity index is 2.12. The molecule has 0 unspecified atom stereocenters. The van der Waals surface area contributed by atoms with Gasteiger partial charge in [-0.25, -0.2) is 0 Å². The number of hydrogen-bond donors (Lipinski definition) is 1. The summed E-state index contributed by atoms with van der Waals surface area (Å²) in [6.07, 6.45) is 2.90. The van der Waals surface area contributed by atoms with Gasteiger partial charge in [-0.05, 0) is 29.8 Å². The largest absolute Gasteiger partial charge is 0.464 e. The van der Waals surface area contributed by atoms with Gasteiger partial charge in [0.25, 0.3) is 0 Å². The van der Waals surface area contributed by atoms with E-state index < -0.39 is 0 Å². The monoisotopic (exact) mass is 227 g/mol. The minimum atomic E-state index is -0.173. The molecule has 0 aliphatic heterocycles. The van der Waals surface area contributed by atoms with Gasteiger partial charge in [-0.15, -0.1) is 0 Å². The Morgan fingerprint density at radius 1 is 1.35 bits per heavy atom. The topological polar surface area (TPSA) is 42.2 Å². The summed E-state index contributed by atoms with van der Waals surface area (Å²) < 4.78 is 5.32. The number of amides is 1. The van der Waals surface area contributed by atoms with E-state index in [1.807, 2.05) is 36.4 Å². The number of hydrogen-bond acceptors (Lipinski definition) is 2. The van der Waals surface area contributed by atoms with Crippen molar-refractivity contribution in [1.82, 2.24) is 5.32 Å². The lowest BCUT2D eigenvalue weighted by Crippen LogP contribution is -2.19. The highest BCUT2D eigenvalue weighted by Crippen LogP contribution is 2.20. The van der Waals surface area contributed by atoms with Gasteiger partial charge in [-0.3, -0.25) is 4.79 Å². The molecule has 2 aromatic rings. The zero-order valence-corrected chi connectivity index (χ0v) is 9.35. The number of furan rings is 1. The van der Waals surface area contributed by atoms with E-state index in [4.69, 9.17) is 4.42 Å². The average Bonchev–Trinajstić information content (AvgIpc) is 2.90. The van der Waals surface area contributed by atoms with E-state index in [1.165, 1.54) is 6.08 Å². The number of carbonyl (C=O) groups is 1. The van der Waals surface area contributed by atoms with Gasteiger partial charge in [0.2, 0.25) is 5.91 Å². The van der Waals surface area contributed by atoms with Crippen molar-refractivity contribution in [2.75, 3.05) is 0 Å². The molecule has 1 aromatic carbocycles. The molecule has 17 heavy (non-hydrogen) atoms. The molecular formula is C14H13NO2. The van der Waals surface area contributed by atoms with E-state index in [-0.39, 0.29) is 5.91 Å². The van der Waals surface area contributed by atoms with Crippen molar-refractivity contribution in [2.45, 2.75) is 6.54 Å². The van der Waals surface area contributed by atoms with Gasteiger partial charge in [0.1, 0.15) is 5.76 Å². The van der Waals surface area contributed by atoms with Crippen LogP contribution in [0.5, 0.6) is 0 Å². The van der Waals surface area contributed by atoms with Gasteiger partial charge in [0, 0.05) is 12.1 Å². The Hall–Kier alpha value is -2.29. The highest BCUT2D eigenvalue weighted by atomic mass is 16.3. The first kappa shape index (κ1) is 11.2. The lowest BCUT2D eigenvalue weighted by Gasteiger charge is -2.04. The normalized spacial score (nSPS) is 9.88. The van der Waals surface area contributed by atoms with Crippen LogP contribution < -0.4 is 5.32 Å². The van der Waals surface area contributed by atoms with Crippen molar-refractivity contribution in [2.24, 2.45) is 0 Å². The van der Waals surface area contributed by atoms with Gasteiger partial charge in [0.05, 0.1) is 6.26 Å². The molecular weight excluding hydrogens is 214 g/mol. The maximum Gasteiger partial charge on any atom is 0.243 e. The quantitative estimate of drug-likeness (QED) is 0.816. The molecule has 0 aliphatic rings. The van der Waals surface area contributed by atoms with E-state index in [9.17, 15) is 4.79 Å². The van der Waals surface area contributed by atoms with Gasteiger partial charge >= 0.3 is 0 Å². The molecule has 1 amide bonds. The van der Waals surface area contributed by atoms with Crippen LogP contribution in [0.15, 0.2) is 59.7 Å². The molecule has 86 valence electrons. The lowest BCUT2D eigenvalue weighted by molar-refractivity contribution is -0.116. The van der Waals surface area contributed by atoms with Crippen LogP contribution in [0.2, 0.25) is 0 Å². The van der Waals surface area contributed by atoms with Crippen LogP contribution in [0, 0.1) is 0 Å². The van der Waals surface area contributed by atoms with Gasteiger partial charge in [-0.1, -0.05) is 24.8 Å². The smallest absolute Gasteiger partial charge is 0.243 e. The Morgan fingerprint density at radius 2 is 2.24 bits per heavy atom. The molecule has 0 saturated carbocycles. The predicted octanol–water partition coefficient (Wildman–Crippen LogP) is 2.75. The average molecular weight is 227 g/mol. The van der Waals surface area contributed by atoms with E-state index in [0.29, 0.717) is 6.54 Å². The second-order valence-corrected chi connectivity index (χ2v) is 3.60. The molecule has 0 aliphatic carbocycles. The predicted molar refractivity (Wildman–Crippen MR) is 66.2 cm³/mol. The molecule has 0 bridgehead atoms. The maximum atomic E-state index is 11.1. The first-order valence-electron chi connectivity index (χ1n) is 5.32. The van der Waals surface area contributed by atoms with Crippen molar-refractivity contribution in [3.8, 4) is 11.3 Å². The summed E-state index contributed by atoms with van der Waals surface area (Å²) in [5.74, 6) is 0.648. The van der Waals surface area contributed by atoms with Crippen molar-refractivity contribution in [3.05, 3.63) is 60.9 Å². The van der Waals surface area contributed by atoms with Gasteiger partial charge in [0.15, 0.2) is 0 Å². The van der Waals surface area contributed by atoms with Crippen LogP contribution in [0.25, 0.3) is 11.3 Å². The Labute approximate surface area is 99.8 Å². The third-order valence-corrected chi connectivity index (χ3v) is 2.38. The second-order valence-electron chi connectivity index (χ2n) is 3.60. The summed E-state index contributed by atoms with van der Waals surface area (Å²) in [6.45, 7) is 3.89. The molecule has 3 heteroatoms. The zero-order chi connectivity index (χ0) is 12.1. The van der Waals surface area contributed by atoms with E-state index in [0.717, 1.165) is 16.9 Å². The van der Waals surface area contributed by atoms with Crippen LogP contribution in [0.1, 0.15) is 5.56 Å². The number of rotatable bonds is 4. The summed E-state index contributed by atoms with van der Waals surface area (Å²) in [6, 6.07) is 11.6. The second kappa shape index (κ2) is 5.16. The number of carbonyl (C=O) groups excluding carboxylic acids is 1. The fourth-order valence-electron chi connectivity index (χ4n) is 1.54. The highest BCUT2D eigenvalue weighted by Gasteiger charge is 2.02. The Bertz CT molecular complexity index is 515. The van der Waals surface area contributed by atoms with E-state index in [2.05, 4.69) is 11.9 Å². The fourth-order valence-corrected chi connectivity index (χ4v) is 1.54. The van der Waals surface area contributed by atoms with Crippen molar-refractivity contribution in [1.29, 1.82) is 0 Å². The van der Waals surface area contributed by atoms with Crippen LogP contribution in [0.3, 0.4) is 0 Å². The van der Waals surface area contributed by atoms with Crippen LogP contribution in [0.4, 0.5) is 0 Å². The molecule has 0 spiro atoms. The fraction of sp³-hybridized carbons (Fsp3) is 0.0714. The Morgan fingerprint density at radius 3 is 2.94 bits per heavy atom. The summed E-state index contributed by atoms with van der Waals surface area (Å²) in [5, 5.41) is 2.73. The van der Waals surface area contributed by atoms with E-state index in [1.54, 1.807) is 6.26 Å². The molecule has 0 radical (unpaired) electrons. The third kappa shape index (κ3) is 2.84. The molecule has 1 aromatic heterocycles. The SMILES string of the molecule is C=CC(=O)NCc1cccc(-c2ccco2)c1. The van der Waals surface area contributed by atoms with Crippen LogP contribution >= 0.6 is 0 Å². The summed E-state index contributed by atoms with van der Waals surface area (Å²) >= 11 is 0. The van der Waals surface area contributed by atoms with Crippen molar-refractivity contribution >= 4 is 5.91 Å². The molecule has 3 nitrogen and oxygen atoms in total. The van der Waals surface area contributed by atoms with Crippen molar-refractivity contribution in [3.63, 3.8) is 0 Å². The minimum absolute atomic E-state index is 0.173. The van der Waals surface area contributed by atoms with Crippen LogP contribution in [-0.4, -0.2) is 5.91 Å². The first-order valence-corrected chi connectivity index (χ1v) is 5.32. The minimum Gasteiger partial charge on any atom is -0.464 e. The highest BCUT2D eigenvalue weighted by molar-refractivity contribution is 5.86. The molecule has 0 saturated heterocycles. The molecule has 0 fully saturated rings. The summed E-state index contributed by atoms with van der Waals surface area (Å²) in [5.41, 5.74) is 2.02. The maximum absolute atomic E-state index is 11.1. The lowest BCUT2D eigenvalue weighted by atomic mass is 10.1. The van der Waals surface area contributed by atoms with Crippen molar-refractivity contribution < 1.29 is 9.21 Å². The number of benzene rings is 1. The standard InChI is InChI=1S/C14H13NO2/c1-2-14(16)15-10-11-5-3-6-12(9-11)13-7-4-8-17-13/h2-9H,1,10H2,(H,15,16). The van der Waals surface area contributed by atoms with Crippen LogP contribution in [-0.2, 0) is 11.3 Å². The molecule has 2 rings (SSSR count). The zero-order valence-electron chi connectivity index (χ0n) is 9.35. The summed E-state index contributed by atoms with van der Waals surface area (Å²) in [4.78, 5) is 11.1. The van der Waals surface area contributed by atoms with Gasteiger partial charge < -0.3 is 9.73 Å². The molecule has 1 N–H and O–H groups in total. The number of nitrogens with one attached hydrogen (secondary N) is 1. The van der Waals surface area contributed by atoms with Gasteiger partial charge in [-0.2, -0.15) is 0 Å². The van der Waals surface area contributed by atoms with E-state index >= 15 is 0 Å². The molecule has 1 heterocycles.